The summed E-state index contributed by atoms with van der Waals surface area (Å²) >= 11 is 0. The molecule has 15 heavy (non-hydrogen) atoms. The van der Waals surface area contributed by atoms with E-state index in [0.717, 1.165) is 12.1 Å². The van der Waals surface area contributed by atoms with E-state index in [1.807, 2.05) is 19.2 Å². The molecule has 0 bridgehead atoms. The number of nitrogens with one attached hydrogen (secondary N) is 1. The van der Waals surface area contributed by atoms with Crippen molar-refractivity contribution in [3.63, 3.8) is 0 Å². The number of hydrogen-bond donors (Lipinski definition) is 1. The maximum atomic E-state index is 13.4. The highest BCUT2D eigenvalue weighted by atomic mass is 19.1. The first-order valence-corrected chi connectivity index (χ1v) is 5.15. The van der Waals surface area contributed by atoms with E-state index in [1.54, 1.807) is 13.2 Å². The predicted octanol–water partition coefficient (Wildman–Crippen LogP) is 1.85. The lowest BCUT2D eigenvalue weighted by Gasteiger charge is -2.15. The van der Waals surface area contributed by atoms with Crippen LogP contribution in [0.15, 0.2) is 24.3 Å². The summed E-state index contributed by atoms with van der Waals surface area (Å²) in [5, 5.41) is 3.09. The van der Waals surface area contributed by atoms with Crippen LogP contribution in [0.4, 0.5) is 4.39 Å². The molecule has 0 saturated heterocycles. The van der Waals surface area contributed by atoms with Crippen molar-refractivity contribution in [3.05, 3.63) is 35.6 Å². The van der Waals surface area contributed by atoms with Crippen molar-refractivity contribution in [1.29, 1.82) is 0 Å². The van der Waals surface area contributed by atoms with Gasteiger partial charge in [-0.2, -0.15) is 0 Å². The zero-order valence-electron chi connectivity index (χ0n) is 9.29. The monoisotopic (exact) mass is 211 g/mol. The summed E-state index contributed by atoms with van der Waals surface area (Å²) in [6.07, 6.45) is 0.710. The Labute approximate surface area is 90.4 Å². The van der Waals surface area contributed by atoms with Gasteiger partial charge in [0.1, 0.15) is 5.82 Å². The maximum Gasteiger partial charge on any atom is 0.126 e. The topological polar surface area (TPSA) is 21.3 Å². The number of rotatable bonds is 6. The lowest BCUT2D eigenvalue weighted by Crippen LogP contribution is -2.24. The van der Waals surface area contributed by atoms with Crippen molar-refractivity contribution in [1.82, 2.24) is 5.32 Å². The molecule has 2 nitrogen and oxygen atoms in total. The first-order chi connectivity index (χ1) is 7.27. The van der Waals surface area contributed by atoms with Crippen molar-refractivity contribution >= 4 is 0 Å². The fraction of sp³-hybridized carbons (Fsp3) is 0.500. The molecule has 1 rings (SSSR count). The SMILES string of the molecule is CNCC(COC)Cc1ccccc1F. The largest absolute Gasteiger partial charge is 0.384 e. The predicted molar refractivity (Wildman–Crippen MR) is 59.4 cm³/mol. The third-order valence-electron chi connectivity index (χ3n) is 2.36. The second kappa shape index (κ2) is 6.53. The first-order valence-electron chi connectivity index (χ1n) is 5.15. The maximum absolute atomic E-state index is 13.4. The van der Waals surface area contributed by atoms with E-state index in [-0.39, 0.29) is 5.82 Å². The van der Waals surface area contributed by atoms with Crippen LogP contribution < -0.4 is 5.32 Å². The fourth-order valence-corrected chi connectivity index (χ4v) is 1.69. The van der Waals surface area contributed by atoms with Gasteiger partial charge in [-0.1, -0.05) is 18.2 Å². The molecule has 84 valence electrons. The molecule has 0 saturated carbocycles. The van der Waals surface area contributed by atoms with Gasteiger partial charge in [0.15, 0.2) is 0 Å². The van der Waals surface area contributed by atoms with E-state index in [1.165, 1.54) is 6.07 Å². The van der Waals surface area contributed by atoms with Gasteiger partial charge in [-0.25, -0.2) is 4.39 Å². The summed E-state index contributed by atoms with van der Waals surface area (Å²) in [5.41, 5.74) is 0.759. The molecule has 0 radical (unpaired) electrons. The van der Waals surface area contributed by atoms with Crippen LogP contribution in [0, 0.1) is 11.7 Å². The average Bonchev–Trinajstić information content (AvgIpc) is 2.22. The van der Waals surface area contributed by atoms with E-state index >= 15 is 0 Å². The zero-order chi connectivity index (χ0) is 11.1. The van der Waals surface area contributed by atoms with Crippen molar-refractivity contribution < 1.29 is 9.13 Å². The van der Waals surface area contributed by atoms with Gasteiger partial charge >= 0.3 is 0 Å². The molecular formula is C12H18FNO. The van der Waals surface area contributed by atoms with Crippen LogP contribution in [0.3, 0.4) is 0 Å². The molecule has 0 fully saturated rings. The summed E-state index contributed by atoms with van der Waals surface area (Å²) in [7, 11) is 3.56. The minimum absolute atomic E-state index is 0.130. The Hall–Kier alpha value is -0.930. The lowest BCUT2D eigenvalue weighted by molar-refractivity contribution is 0.151. The second-order valence-electron chi connectivity index (χ2n) is 3.67. The lowest BCUT2D eigenvalue weighted by atomic mass is 9.99. The Morgan fingerprint density at radius 3 is 2.73 bits per heavy atom. The second-order valence-corrected chi connectivity index (χ2v) is 3.67. The molecule has 1 aromatic carbocycles. The highest BCUT2D eigenvalue weighted by molar-refractivity contribution is 5.17. The number of benzene rings is 1. The molecule has 0 spiro atoms. The van der Waals surface area contributed by atoms with Gasteiger partial charge in [-0.15, -0.1) is 0 Å². The summed E-state index contributed by atoms with van der Waals surface area (Å²) in [5.74, 6) is 0.187. The van der Waals surface area contributed by atoms with E-state index in [4.69, 9.17) is 4.74 Å². The Balaban J connectivity index is 2.60. The molecule has 3 heteroatoms. The highest BCUT2D eigenvalue weighted by Gasteiger charge is 2.11. The van der Waals surface area contributed by atoms with Gasteiger partial charge in [0, 0.05) is 13.7 Å². The Bertz CT molecular complexity index is 285. The molecule has 0 aromatic heterocycles. The van der Waals surface area contributed by atoms with E-state index < -0.39 is 0 Å². The van der Waals surface area contributed by atoms with Gasteiger partial charge < -0.3 is 10.1 Å². The van der Waals surface area contributed by atoms with Crippen LogP contribution in [0.2, 0.25) is 0 Å². The van der Waals surface area contributed by atoms with Crippen molar-refractivity contribution in [2.24, 2.45) is 5.92 Å². The van der Waals surface area contributed by atoms with E-state index in [0.29, 0.717) is 18.9 Å². The molecular weight excluding hydrogens is 193 g/mol. The van der Waals surface area contributed by atoms with Gasteiger partial charge in [-0.05, 0) is 31.0 Å². The van der Waals surface area contributed by atoms with E-state index in [9.17, 15) is 4.39 Å². The standard InChI is InChI=1S/C12H18FNO/c1-14-8-10(9-15-2)7-11-5-3-4-6-12(11)13/h3-6,10,14H,7-9H2,1-2H3. The molecule has 0 amide bonds. The van der Waals surface area contributed by atoms with Crippen LogP contribution in [0.1, 0.15) is 5.56 Å². The summed E-state index contributed by atoms with van der Waals surface area (Å²) in [6, 6.07) is 6.90. The van der Waals surface area contributed by atoms with Crippen LogP contribution >= 0.6 is 0 Å². The number of hydrogen-bond acceptors (Lipinski definition) is 2. The van der Waals surface area contributed by atoms with Gasteiger partial charge in [0.05, 0.1) is 6.61 Å². The molecule has 0 heterocycles. The summed E-state index contributed by atoms with van der Waals surface area (Å²) in [4.78, 5) is 0. The number of ether oxygens (including phenoxy) is 1. The molecule has 0 aliphatic carbocycles. The van der Waals surface area contributed by atoms with Crippen molar-refractivity contribution in [2.75, 3.05) is 27.3 Å². The average molecular weight is 211 g/mol. The van der Waals surface area contributed by atoms with Crippen LogP contribution in [0.5, 0.6) is 0 Å². The van der Waals surface area contributed by atoms with Crippen molar-refractivity contribution in [3.8, 4) is 0 Å². The quantitative estimate of drug-likeness (QED) is 0.775. The number of methoxy groups -OCH3 is 1. The van der Waals surface area contributed by atoms with Crippen LogP contribution in [-0.2, 0) is 11.2 Å². The zero-order valence-corrected chi connectivity index (χ0v) is 9.29. The Kier molecular flexibility index (Phi) is 5.29. The van der Waals surface area contributed by atoms with Crippen LogP contribution in [0.25, 0.3) is 0 Å². The summed E-state index contributed by atoms with van der Waals surface area (Å²) in [6.45, 7) is 1.48. The third kappa shape index (κ3) is 3.98. The first kappa shape index (κ1) is 12.1. The fourth-order valence-electron chi connectivity index (χ4n) is 1.69. The Morgan fingerprint density at radius 1 is 1.40 bits per heavy atom. The summed E-state index contributed by atoms with van der Waals surface area (Å²) < 4.78 is 18.5. The number of halogens is 1. The highest BCUT2D eigenvalue weighted by Crippen LogP contribution is 2.12. The van der Waals surface area contributed by atoms with Gasteiger partial charge in [-0.3, -0.25) is 0 Å². The molecule has 1 unspecified atom stereocenters. The molecule has 1 atom stereocenters. The molecule has 0 aliphatic heterocycles. The van der Waals surface area contributed by atoms with Crippen LogP contribution in [-0.4, -0.2) is 27.3 Å². The van der Waals surface area contributed by atoms with E-state index in [2.05, 4.69) is 5.32 Å². The minimum Gasteiger partial charge on any atom is -0.384 e. The minimum atomic E-state index is -0.130. The smallest absolute Gasteiger partial charge is 0.126 e. The Morgan fingerprint density at radius 2 is 2.13 bits per heavy atom. The van der Waals surface area contributed by atoms with Crippen molar-refractivity contribution in [2.45, 2.75) is 6.42 Å². The van der Waals surface area contributed by atoms with Gasteiger partial charge in [0.25, 0.3) is 0 Å². The molecule has 0 aliphatic rings. The third-order valence-corrected chi connectivity index (χ3v) is 2.36. The normalized spacial score (nSPS) is 12.7. The molecule has 1 aromatic rings. The van der Waals surface area contributed by atoms with Gasteiger partial charge in [0.2, 0.25) is 0 Å². The molecule has 1 N–H and O–H groups in total.